The minimum Gasteiger partial charge on any atom is -0.475 e. The van der Waals surface area contributed by atoms with E-state index >= 15 is 0 Å². The summed E-state index contributed by atoms with van der Waals surface area (Å²) in [7, 11) is 1.57. The number of hydrogen-bond acceptors (Lipinski definition) is 5. The molecule has 0 radical (unpaired) electrons. The Morgan fingerprint density at radius 1 is 1.38 bits per heavy atom. The van der Waals surface area contributed by atoms with E-state index in [1.807, 2.05) is 0 Å². The van der Waals surface area contributed by atoms with E-state index in [-0.39, 0.29) is 11.3 Å². The third kappa shape index (κ3) is 3.96. The monoisotopic (exact) mass is 292 g/mol. The number of pyridine rings is 1. The van der Waals surface area contributed by atoms with Crippen molar-refractivity contribution in [3.8, 4) is 0 Å². The lowest BCUT2D eigenvalue weighted by Crippen LogP contribution is -2.21. The normalized spacial score (nSPS) is 10.5. The molecule has 0 atom stereocenters. The van der Waals surface area contributed by atoms with E-state index in [4.69, 9.17) is 14.3 Å². The number of carboxylic acids is 1. The molecule has 0 aliphatic heterocycles. The molecule has 0 aliphatic rings. The molecular formula is C14H16N2O5. The van der Waals surface area contributed by atoms with Crippen LogP contribution in [0, 0.1) is 0 Å². The summed E-state index contributed by atoms with van der Waals surface area (Å²) in [4.78, 5) is 22.3. The number of nitrogens with zero attached hydrogens (tertiary/aromatic N) is 1. The highest BCUT2D eigenvalue weighted by molar-refractivity contribution is 5.84. The van der Waals surface area contributed by atoms with Gasteiger partial charge in [-0.25, -0.2) is 4.79 Å². The zero-order valence-corrected chi connectivity index (χ0v) is 11.5. The highest BCUT2D eigenvalue weighted by Crippen LogP contribution is 2.11. The number of aromatic carboxylic acids is 1. The van der Waals surface area contributed by atoms with Gasteiger partial charge in [0.15, 0.2) is 0 Å². The Kier molecular flexibility index (Phi) is 4.78. The number of ether oxygens (including phenoxy) is 1. The van der Waals surface area contributed by atoms with Crippen molar-refractivity contribution >= 4 is 11.7 Å². The first-order chi connectivity index (χ1) is 10.1. The van der Waals surface area contributed by atoms with E-state index < -0.39 is 5.97 Å². The lowest BCUT2D eigenvalue weighted by Gasteiger charge is -2.09. The maximum absolute atomic E-state index is 11.6. The molecular weight excluding hydrogens is 276 g/mol. The largest absolute Gasteiger partial charge is 0.475 e. The Bertz CT molecular complexity index is 674. The Hall–Kier alpha value is -2.54. The fourth-order valence-electron chi connectivity index (χ4n) is 1.78. The molecule has 0 bridgehead atoms. The fraction of sp³-hybridized carbons (Fsp3) is 0.286. The van der Waals surface area contributed by atoms with Crippen molar-refractivity contribution in [3.05, 3.63) is 52.3 Å². The molecule has 0 saturated heterocycles. The van der Waals surface area contributed by atoms with E-state index in [1.54, 1.807) is 25.4 Å². The van der Waals surface area contributed by atoms with Crippen LogP contribution in [0.2, 0.25) is 0 Å². The van der Waals surface area contributed by atoms with Crippen LogP contribution in [0.15, 0.2) is 39.7 Å². The number of hydrogen-bond donors (Lipinski definition) is 2. The summed E-state index contributed by atoms with van der Waals surface area (Å²) in [5.74, 6) is -0.701. The quantitative estimate of drug-likeness (QED) is 0.801. The van der Waals surface area contributed by atoms with Gasteiger partial charge in [0.2, 0.25) is 5.76 Å². The lowest BCUT2D eigenvalue weighted by atomic mass is 10.3. The summed E-state index contributed by atoms with van der Waals surface area (Å²) in [6.45, 7) is 1.24. The molecule has 0 fully saturated rings. The number of anilines is 1. The molecule has 0 spiro atoms. The summed E-state index contributed by atoms with van der Waals surface area (Å²) in [6, 6.07) is 6.12. The summed E-state index contributed by atoms with van der Waals surface area (Å²) < 4.78 is 11.6. The Balaban J connectivity index is 2.02. The van der Waals surface area contributed by atoms with Crippen LogP contribution in [0.3, 0.4) is 0 Å². The average molecular weight is 292 g/mol. The molecule has 112 valence electrons. The maximum Gasteiger partial charge on any atom is 0.371 e. The van der Waals surface area contributed by atoms with Crippen LogP contribution in [0.25, 0.3) is 0 Å². The summed E-state index contributed by atoms with van der Waals surface area (Å²) in [5.41, 5.74) is 0.628. The van der Waals surface area contributed by atoms with Crippen molar-refractivity contribution in [1.29, 1.82) is 0 Å². The van der Waals surface area contributed by atoms with Gasteiger partial charge < -0.3 is 24.1 Å². The minimum absolute atomic E-state index is 0.100. The summed E-state index contributed by atoms with van der Waals surface area (Å²) >= 11 is 0. The molecule has 2 N–H and O–H groups in total. The zero-order chi connectivity index (χ0) is 15.2. The third-order valence-electron chi connectivity index (χ3n) is 2.86. The van der Waals surface area contributed by atoms with Gasteiger partial charge >= 0.3 is 5.97 Å². The standard InChI is InChI=1S/C14H16N2O5/c1-20-7-6-16-9-10(2-5-13(16)17)15-8-11-3-4-12(21-11)14(18)19/h2-5,9,15H,6-8H2,1H3,(H,18,19). The highest BCUT2D eigenvalue weighted by Gasteiger charge is 2.08. The van der Waals surface area contributed by atoms with Gasteiger partial charge in [-0.3, -0.25) is 4.79 Å². The fourth-order valence-corrected chi connectivity index (χ4v) is 1.78. The van der Waals surface area contributed by atoms with E-state index in [0.29, 0.717) is 25.5 Å². The van der Waals surface area contributed by atoms with Gasteiger partial charge in [0.25, 0.3) is 5.56 Å². The molecule has 21 heavy (non-hydrogen) atoms. The van der Waals surface area contributed by atoms with Gasteiger partial charge in [-0.05, 0) is 18.2 Å². The van der Waals surface area contributed by atoms with Crippen molar-refractivity contribution < 1.29 is 19.1 Å². The van der Waals surface area contributed by atoms with Gasteiger partial charge in [-0.1, -0.05) is 0 Å². The number of carboxylic acid groups (broad SMARTS) is 1. The van der Waals surface area contributed by atoms with Crippen LogP contribution in [0.1, 0.15) is 16.3 Å². The second-order valence-electron chi connectivity index (χ2n) is 4.37. The molecule has 0 aliphatic carbocycles. The van der Waals surface area contributed by atoms with Crippen molar-refractivity contribution in [2.75, 3.05) is 19.0 Å². The molecule has 7 heteroatoms. The predicted octanol–water partition coefficient (Wildman–Crippen LogP) is 1.40. The molecule has 2 aromatic rings. The van der Waals surface area contributed by atoms with E-state index in [1.165, 1.54) is 16.7 Å². The molecule has 2 aromatic heterocycles. The highest BCUT2D eigenvalue weighted by atomic mass is 16.5. The molecule has 0 saturated carbocycles. The third-order valence-corrected chi connectivity index (χ3v) is 2.86. The first-order valence-corrected chi connectivity index (χ1v) is 6.35. The van der Waals surface area contributed by atoms with Crippen molar-refractivity contribution in [2.45, 2.75) is 13.1 Å². The first-order valence-electron chi connectivity index (χ1n) is 6.35. The Morgan fingerprint density at radius 3 is 2.86 bits per heavy atom. The molecule has 0 aromatic carbocycles. The number of carbonyl (C=O) groups is 1. The second-order valence-corrected chi connectivity index (χ2v) is 4.37. The molecule has 0 amide bonds. The minimum atomic E-state index is -1.10. The van der Waals surface area contributed by atoms with Gasteiger partial charge in [-0.2, -0.15) is 0 Å². The number of nitrogens with one attached hydrogen (secondary N) is 1. The number of rotatable bonds is 7. The summed E-state index contributed by atoms with van der Waals surface area (Å²) in [6.07, 6.45) is 1.68. The predicted molar refractivity (Wildman–Crippen MR) is 75.6 cm³/mol. The van der Waals surface area contributed by atoms with Crippen molar-refractivity contribution in [3.63, 3.8) is 0 Å². The van der Waals surface area contributed by atoms with Gasteiger partial charge in [-0.15, -0.1) is 0 Å². The van der Waals surface area contributed by atoms with Crippen LogP contribution in [-0.2, 0) is 17.8 Å². The molecule has 2 heterocycles. The van der Waals surface area contributed by atoms with Gasteiger partial charge in [0.1, 0.15) is 5.76 Å². The average Bonchev–Trinajstić information content (AvgIpc) is 2.94. The lowest BCUT2D eigenvalue weighted by molar-refractivity contribution is 0.0660. The van der Waals surface area contributed by atoms with Crippen LogP contribution in [-0.4, -0.2) is 29.4 Å². The number of methoxy groups -OCH3 is 1. The second kappa shape index (κ2) is 6.76. The number of furan rings is 1. The van der Waals surface area contributed by atoms with Crippen LogP contribution in [0.4, 0.5) is 5.69 Å². The molecule has 2 rings (SSSR count). The van der Waals surface area contributed by atoms with Gasteiger partial charge in [0, 0.05) is 25.9 Å². The van der Waals surface area contributed by atoms with Crippen LogP contribution in [0.5, 0.6) is 0 Å². The Labute approximate surface area is 120 Å². The SMILES string of the molecule is COCCn1cc(NCc2ccc(C(=O)O)o2)ccc1=O. The topological polar surface area (TPSA) is 93.7 Å². The number of aromatic nitrogens is 1. The van der Waals surface area contributed by atoms with E-state index in [0.717, 1.165) is 5.69 Å². The molecule has 0 unspecified atom stereocenters. The van der Waals surface area contributed by atoms with Gasteiger partial charge in [0.05, 0.1) is 18.8 Å². The maximum atomic E-state index is 11.6. The van der Waals surface area contributed by atoms with Crippen LogP contribution < -0.4 is 10.9 Å². The zero-order valence-electron chi connectivity index (χ0n) is 11.5. The van der Waals surface area contributed by atoms with Crippen LogP contribution >= 0.6 is 0 Å². The Morgan fingerprint density at radius 2 is 2.19 bits per heavy atom. The van der Waals surface area contributed by atoms with E-state index in [9.17, 15) is 9.59 Å². The first kappa shape index (κ1) is 14.9. The molecule has 7 nitrogen and oxygen atoms in total. The van der Waals surface area contributed by atoms with Crippen molar-refractivity contribution in [1.82, 2.24) is 4.57 Å². The summed E-state index contributed by atoms with van der Waals surface area (Å²) in [5, 5.41) is 11.8. The smallest absolute Gasteiger partial charge is 0.371 e. The van der Waals surface area contributed by atoms with E-state index in [2.05, 4.69) is 5.32 Å². The van der Waals surface area contributed by atoms with Crippen molar-refractivity contribution in [2.24, 2.45) is 0 Å².